The van der Waals surface area contributed by atoms with Gasteiger partial charge in [0.1, 0.15) is 23.9 Å². The maximum atomic E-state index is 14.5. The Morgan fingerprint density at radius 2 is 1.75 bits per heavy atom. The predicted octanol–water partition coefficient (Wildman–Crippen LogP) is 1.74. The molecule has 40 heavy (non-hydrogen) atoms. The third-order valence-electron chi connectivity index (χ3n) is 10.2. The van der Waals surface area contributed by atoms with Crippen molar-refractivity contribution in [3.05, 3.63) is 47.0 Å². The van der Waals surface area contributed by atoms with E-state index in [1.54, 1.807) is 58.0 Å². The van der Waals surface area contributed by atoms with Crippen molar-refractivity contribution in [2.24, 2.45) is 16.7 Å². The molecule has 0 unspecified atom stereocenters. The maximum absolute atomic E-state index is 14.5. The first-order valence-corrected chi connectivity index (χ1v) is 13.6. The van der Waals surface area contributed by atoms with Crippen LogP contribution in [0.25, 0.3) is 0 Å². The molecule has 9 atom stereocenters. The van der Waals surface area contributed by atoms with Crippen LogP contribution in [0.5, 0.6) is 0 Å². The molecule has 218 valence electrons. The van der Waals surface area contributed by atoms with Crippen LogP contribution in [0.2, 0.25) is 0 Å². The molecule has 0 spiro atoms. The largest absolute Gasteiger partial charge is 0.455 e. The molecule has 3 aliphatic carbocycles. The number of carbonyl (C=O) groups is 3. The van der Waals surface area contributed by atoms with Crippen LogP contribution in [0, 0.1) is 16.7 Å². The number of aliphatic hydroxyl groups is 3. The lowest BCUT2D eigenvalue weighted by atomic mass is 9.44. The van der Waals surface area contributed by atoms with Crippen molar-refractivity contribution in [1.82, 2.24) is 0 Å². The third-order valence-corrected chi connectivity index (χ3v) is 10.2. The first-order chi connectivity index (χ1) is 18.7. The Morgan fingerprint density at radius 1 is 1.10 bits per heavy atom. The van der Waals surface area contributed by atoms with Gasteiger partial charge in [-0.3, -0.25) is 9.59 Å². The number of hydrogen-bond acceptors (Lipinski definition) is 10. The van der Waals surface area contributed by atoms with Crippen molar-refractivity contribution >= 4 is 17.7 Å². The molecule has 1 heterocycles. The molecular formula is C30H38O10. The molecule has 4 aliphatic rings. The lowest BCUT2D eigenvalue weighted by Gasteiger charge is -2.67. The van der Waals surface area contributed by atoms with Gasteiger partial charge in [-0.1, -0.05) is 32.0 Å². The molecular weight excluding hydrogens is 520 g/mol. The highest BCUT2D eigenvalue weighted by Crippen LogP contribution is 2.64. The van der Waals surface area contributed by atoms with E-state index in [1.165, 1.54) is 14.0 Å². The molecule has 3 fully saturated rings. The van der Waals surface area contributed by atoms with E-state index in [-0.39, 0.29) is 30.6 Å². The molecule has 5 rings (SSSR count). The van der Waals surface area contributed by atoms with Crippen LogP contribution in [-0.2, 0) is 28.5 Å². The monoisotopic (exact) mass is 558 g/mol. The number of benzene rings is 1. The molecule has 1 saturated heterocycles. The second-order valence-corrected chi connectivity index (χ2v) is 12.4. The predicted molar refractivity (Wildman–Crippen MR) is 140 cm³/mol. The number of ether oxygens (including phenoxy) is 4. The Labute approximate surface area is 233 Å². The van der Waals surface area contributed by atoms with Gasteiger partial charge in [-0.25, -0.2) is 4.79 Å². The Kier molecular flexibility index (Phi) is 6.83. The van der Waals surface area contributed by atoms with Crippen molar-refractivity contribution < 1.29 is 48.7 Å². The lowest BCUT2D eigenvalue weighted by molar-refractivity contribution is -0.347. The van der Waals surface area contributed by atoms with Gasteiger partial charge >= 0.3 is 11.9 Å². The minimum atomic E-state index is -2.01. The number of aliphatic hydroxyl groups excluding tert-OH is 2. The zero-order valence-electron chi connectivity index (χ0n) is 23.7. The number of rotatable bonds is 4. The summed E-state index contributed by atoms with van der Waals surface area (Å²) in [7, 11) is 1.43. The van der Waals surface area contributed by atoms with Crippen LogP contribution in [0.4, 0.5) is 0 Å². The summed E-state index contributed by atoms with van der Waals surface area (Å²) in [5.41, 5.74) is -5.70. The van der Waals surface area contributed by atoms with Gasteiger partial charge in [0.15, 0.2) is 11.4 Å². The summed E-state index contributed by atoms with van der Waals surface area (Å²) in [5.74, 6) is -3.24. The first-order valence-electron chi connectivity index (χ1n) is 13.6. The first kappa shape index (κ1) is 28.9. The number of hydrogen-bond donors (Lipinski definition) is 3. The van der Waals surface area contributed by atoms with E-state index in [0.717, 1.165) is 0 Å². The van der Waals surface area contributed by atoms with E-state index in [4.69, 9.17) is 18.9 Å². The van der Waals surface area contributed by atoms with Crippen LogP contribution >= 0.6 is 0 Å². The molecule has 1 aliphatic heterocycles. The fourth-order valence-electron chi connectivity index (χ4n) is 7.98. The fourth-order valence-corrected chi connectivity index (χ4v) is 7.98. The third kappa shape index (κ3) is 3.69. The van der Waals surface area contributed by atoms with Crippen LogP contribution in [0.15, 0.2) is 41.5 Å². The van der Waals surface area contributed by atoms with E-state index in [2.05, 4.69) is 0 Å². The SMILES string of the molecule is CO[C@H]1C[C@H]2OC[C@@]2(OC(C)=O)[C@H]2[C@H](OC(=O)c3ccccc3)[C@]3(O)C[C@H](O)C(C)=C([C@@H](O)C(=O)[C@]12C)C3(C)C. The van der Waals surface area contributed by atoms with E-state index in [9.17, 15) is 29.7 Å². The molecule has 1 aromatic rings. The van der Waals surface area contributed by atoms with Crippen molar-refractivity contribution in [2.75, 3.05) is 13.7 Å². The lowest BCUT2D eigenvalue weighted by Crippen LogP contribution is -2.82. The summed E-state index contributed by atoms with van der Waals surface area (Å²) in [6.07, 6.45) is -6.09. The molecule has 0 radical (unpaired) electrons. The van der Waals surface area contributed by atoms with Gasteiger partial charge in [0.25, 0.3) is 0 Å². The molecule has 10 nitrogen and oxygen atoms in total. The summed E-state index contributed by atoms with van der Waals surface area (Å²) in [6, 6.07) is 8.21. The van der Waals surface area contributed by atoms with Gasteiger partial charge in [-0.05, 0) is 37.1 Å². The van der Waals surface area contributed by atoms with Gasteiger partial charge in [-0.15, -0.1) is 0 Å². The molecule has 2 bridgehead atoms. The van der Waals surface area contributed by atoms with Gasteiger partial charge in [-0.2, -0.15) is 0 Å². The molecule has 2 saturated carbocycles. The summed E-state index contributed by atoms with van der Waals surface area (Å²) < 4.78 is 23.9. The molecule has 0 aromatic heterocycles. The highest BCUT2D eigenvalue weighted by atomic mass is 16.6. The second-order valence-electron chi connectivity index (χ2n) is 12.4. The smallest absolute Gasteiger partial charge is 0.338 e. The number of esters is 2. The summed E-state index contributed by atoms with van der Waals surface area (Å²) in [5, 5.41) is 35.6. The fraction of sp³-hybridized carbons (Fsp3) is 0.633. The summed E-state index contributed by atoms with van der Waals surface area (Å²) in [4.78, 5) is 40.7. The summed E-state index contributed by atoms with van der Waals surface area (Å²) >= 11 is 0. The molecule has 3 N–H and O–H groups in total. The van der Waals surface area contributed by atoms with Crippen molar-refractivity contribution in [3.8, 4) is 0 Å². The highest BCUT2D eigenvalue weighted by molar-refractivity contribution is 5.94. The number of fused-ring (bicyclic) bond motifs is 5. The van der Waals surface area contributed by atoms with Gasteiger partial charge in [0.05, 0.1) is 35.7 Å². The minimum absolute atomic E-state index is 0.114. The highest BCUT2D eigenvalue weighted by Gasteiger charge is 2.78. The molecule has 10 heteroatoms. The summed E-state index contributed by atoms with van der Waals surface area (Å²) in [6.45, 7) is 7.66. The van der Waals surface area contributed by atoms with Crippen LogP contribution in [0.1, 0.15) is 57.8 Å². The standard InChI is InChI=1S/C30H38O10/c1-15-18(32)13-30(36)25(39-26(35)17-10-8-7-9-11-17)23-28(5,24(34)22(33)21(15)27(30,3)4)19(37-6)12-20-29(23,14-38-20)40-16(2)31/h7-11,18-20,22-23,25,32-33,36H,12-14H2,1-6H3/t18-,19-,20+,22+,23-,25-,28+,29-,30+/m0/s1. The number of carbonyl (C=O) groups excluding carboxylic acids is 3. The normalized spacial score (nSPS) is 42.0. The average molecular weight is 559 g/mol. The van der Waals surface area contributed by atoms with Crippen molar-refractivity contribution in [3.63, 3.8) is 0 Å². The van der Waals surface area contributed by atoms with E-state index >= 15 is 0 Å². The van der Waals surface area contributed by atoms with Gasteiger partial charge < -0.3 is 34.3 Å². The van der Waals surface area contributed by atoms with E-state index in [0.29, 0.717) is 5.57 Å². The van der Waals surface area contributed by atoms with Gasteiger partial charge in [0, 0.05) is 32.3 Å². The number of ketones is 1. The van der Waals surface area contributed by atoms with E-state index < -0.39 is 76.2 Å². The van der Waals surface area contributed by atoms with Crippen LogP contribution in [0.3, 0.4) is 0 Å². The maximum Gasteiger partial charge on any atom is 0.338 e. The molecule has 0 amide bonds. The second kappa shape index (κ2) is 9.46. The minimum Gasteiger partial charge on any atom is -0.455 e. The Balaban J connectivity index is 1.83. The van der Waals surface area contributed by atoms with Crippen molar-refractivity contribution in [1.29, 1.82) is 0 Å². The zero-order chi connectivity index (χ0) is 29.4. The Morgan fingerprint density at radius 3 is 2.30 bits per heavy atom. The zero-order valence-corrected chi connectivity index (χ0v) is 23.7. The van der Waals surface area contributed by atoms with E-state index in [1.807, 2.05) is 0 Å². The average Bonchev–Trinajstić information content (AvgIpc) is 2.89. The van der Waals surface area contributed by atoms with Crippen LogP contribution < -0.4 is 0 Å². The number of Topliss-reactive ketones (excluding diaryl/α,β-unsaturated/α-hetero) is 1. The Hall–Kier alpha value is -2.63. The van der Waals surface area contributed by atoms with Crippen molar-refractivity contribution in [2.45, 2.75) is 89.2 Å². The quantitative estimate of drug-likeness (QED) is 0.369. The molecule has 1 aromatic carbocycles. The number of methoxy groups -OCH3 is 1. The Bertz CT molecular complexity index is 1260. The topological polar surface area (TPSA) is 149 Å². The van der Waals surface area contributed by atoms with Gasteiger partial charge in [0.2, 0.25) is 0 Å². The van der Waals surface area contributed by atoms with Crippen LogP contribution in [-0.4, -0.2) is 88.5 Å².